The quantitative estimate of drug-likeness (QED) is 0.250. The SMILES string of the molecule is CCCCn1c(N2CCCCC2)c(/C=C2\SC(=S)N(CCCCCC(=O)O)C2=O)c(C)c(C#N)c1=O. The monoisotopic (exact) mass is 530 g/mol. The highest BCUT2D eigenvalue weighted by Crippen LogP contribution is 2.36. The molecule has 2 saturated heterocycles. The zero-order valence-electron chi connectivity index (χ0n) is 21.0. The van der Waals surface area contributed by atoms with Gasteiger partial charge in [-0.05, 0) is 57.1 Å². The minimum absolute atomic E-state index is 0.117. The molecular weight excluding hydrogens is 496 g/mol. The van der Waals surface area contributed by atoms with E-state index in [2.05, 4.69) is 17.9 Å². The summed E-state index contributed by atoms with van der Waals surface area (Å²) in [5.74, 6) is -0.207. The smallest absolute Gasteiger partial charge is 0.303 e. The number of carboxylic acid groups (broad SMARTS) is 1. The van der Waals surface area contributed by atoms with Crippen molar-refractivity contribution in [1.82, 2.24) is 9.47 Å². The Labute approximate surface area is 221 Å². The molecule has 0 radical (unpaired) electrons. The van der Waals surface area contributed by atoms with Crippen LogP contribution in [0.25, 0.3) is 6.08 Å². The number of aromatic nitrogens is 1. The Hall–Kier alpha value is -2.64. The van der Waals surface area contributed by atoms with Gasteiger partial charge in [-0.2, -0.15) is 5.26 Å². The van der Waals surface area contributed by atoms with Crippen molar-refractivity contribution in [2.45, 2.75) is 78.2 Å². The lowest BCUT2D eigenvalue weighted by Gasteiger charge is -2.33. The Morgan fingerprint density at radius 2 is 1.86 bits per heavy atom. The fraction of sp³-hybridized carbons (Fsp3) is 0.577. The van der Waals surface area contributed by atoms with Gasteiger partial charge in [-0.15, -0.1) is 0 Å². The summed E-state index contributed by atoms with van der Waals surface area (Å²) in [5, 5.41) is 18.6. The number of thioether (sulfide) groups is 1. The molecule has 3 heterocycles. The van der Waals surface area contributed by atoms with Crippen LogP contribution in [0.2, 0.25) is 0 Å². The lowest BCUT2D eigenvalue weighted by atomic mass is 10.0. The van der Waals surface area contributed by atoms with E-state index in [0.717, 1.165) is 56.6 Å². The van der Waals surface area contributed by atoms with E-state index in [1.165, 1.54) is 11.8 Å². The Kier molecular flexibility index (Phi) is 10.1. The number of hydrogen-bond donors (Lipinski definition) is 1. The molecule has 2 aliphatic heterocycles. The number of aliphatic carboxylic acids is 1. The Balaban J connectivity index is 1.99. The number of piperidine rings is 1. The fourth-order valence-corrected chi connectivity index (χ4v) is 5.95. The average molecular weight is 531 g/mol. The number of nitriles is 1. The number of amides is 1. The van der Waals surface area contributed by atoms with Crippen molar-refractivity contribution in [3.05, 3.63) is 31.9 Å². The van der Waals surface area contributed by atoms with Crippen molar-refractivity contribution in [1.29, 1.82) is 5.26 Å². The number of unbranched alkanes of at least 4 members (excludes halogenated alkanes) is 3. The summed E-state index contributed by atoms with van der Waals surface area (Å²) in [7, 11) is 0. The molecule has 0 unspecified atom stereocenters. The maximum Gasteiger partial charge on any atom is 0.303 e. The van der Waals surface area contributed by atoms with Crippen molar-refractivity contribution >= 4 is 52.1 Å². The van der Waals surface area contributed by atoms with Crippen molar-refractivity contribution in [2.24, 2.45) is 0 Å². The number of rotatable bonds is 11. The molecule has 194 valence electrons. The third-order valence-corrected chi connectivity index (χ3v) is 8.04. The third kappa shape index (κ3) is 6.37. The predicted molar refractivity (Wildman–Crippen MR) is 147 cm³/mol. The molecule has 3 rings (SSSR count). The second-order valence-corrected chi connectivity index (χ2v) is 10.9. The largest absolute Gasteiger partial charge is 0.481 e. The summed E-state index contributed by atoms with van der Waals surface area (Å²) < 4.78 is 2.21. The first-order valence-corrected chi connectivity index (χ1v) is 13.9. The van der Waals surface area contributed by atoms with Gasteiger partial charge in [0.1, 0.15) is 21.8 Å². The first-order valence-electron chi connectivity index (χ1n) is 12.7. The van der Waals surface area contributed by atoms with Gasteiger partial charge in [0.2, 0.25) is 0 Å². The molecule has 1 aromatic heterocycles. The van der Waals surface area contributed by atoms with Crippen LogP contribution in [0.1, 0.15) is 81.4 Å². The van der Waals surface area contributed by atoms with Crippen molar-refractivity contribution in [3.63, 3.8) is 0 Å². The number of carbonyl (C=O) groups is 2. The van der Waals surface area contributed by atoms with Crippen LogP contribution in [0, 0.1) is 18.3 Å². The van der Waals surface area contributed by atoms with Crippen molar-refractivity contribution < 1.29 is 14.7 Å². The molecule has 36 heavy (non-hydrogen) atoms. The molecule has 0 atom stereocenters. The lowest BCUT2D eigenvalue weighted by molar-refractivity contribution is -0.137. The summed E-state index contributed by atoms with van der Waals surface area (Å²) in [6.07, 6.45) is 8.81. The van der Waals surface area contributed by atoms with Gasteiger partial charge in [0, 0.05) is 38.2 Å². The van der Waals surface area contributed by atoms with Gasteiger partial charge < -0.3 is 10.0 Å². The summed E-state index contributed by atoms with van der Waals surface area (Å²) in [4.78, 5) is 41.6. The zero-order chi connectivity index (χ0) is 26.2. The van der Waals surface area contributed by atoms with Gasteiger partial charge in [0.15, 0.2) is 0 Å². The molecule has 1 N–H and O–H groups in total. The molecule has 2 fully saturated rings. The molecule has 0 aromatic carbocycles. The second-order valence-electron chi connectivity index (χ2n) is 9.24. The number of anilines is 1. The zero-order valence-corrected chi connectivity index (χ0v) is 22.7. The van der Waals surface area contributed by atoms with Gasteiger partial charge in [-0.25, -0.2) is 0 Å². The predicted octanol–water partition coefficient (Wildman–Crippen LogP) is 4.67. The van der Waals surface area contributed by atoms with Crippen LogP contribution < -0.4 is 10.5 Å². The van der Waals surface area contributed by atoms with Crippen LogP contribution in [-0.4, -0.2) is 50.4 Å². The van der Waals surface area contributed by atoms with E-state index in [1.807, 2.05) is 6.08 Å². The van der Waals surface area contributed by atoms with E-state index >= 15 is 0 Å². The topological polar surface area (TPSA) is 107 Å². The minimum atomic E-state index is -0.819. The highest BCUT2D eigenvalue weighted by atomic mass is 32.2. The summed E-state index contributed by atoms with van der Waals surface area (Å²) >= 11 is 6.73. The molecule has 1 amide bonds. The molecular formula is C26H34N4O4S2. The van der Waals surface area contributed by atoms with E-state index in [1.54, 1.807) is 16.4 Å². The summed E-state index contributed by atoms with van der Waals surface area (Å²) in [6.45, 7) is 6.48. The van der Waals surface area contributed by atoms with Gasteiger partial charge >= 0.3 is 5.97 Å². The summed E-state index contributed by atoms with van der Waals surface area (Å²) in [5.41, 5.74) is 1.18. The van der Waals surface area contributed by atoms with Crippen molar-refractivity contribution in [3.8, 4) is 6.07 Å². The average Bonchev–Trinajstić information content (AvgIpc) is 3.12. The maximum atomic E-state index is 13.3. The number of carboxylic acids is 1. The normalized spacial score (nSPS) is 17.2. The van der Waals surface area contributed by atoms with Crippen LogP contribution >= 0.6 is 24.0 Å². The second kappa shape index (κ2) is 13.1. The Bertz CT molecular complexity index is 1150. The Morgan fingerprint density at radius 3 is 2.50 bits per heavy atom. The molecule has 1 aromatic rings. The van der Waals surface area contributed by atoms with Gasteiger partial charge in [-0.3, -0.25) is 23.9 Å². The molecule has 0 bridgehead atoms. The highest BCUT2D eigenvalue weighted by molar-refractivity contribution is 8.26. The van der Waals surface area contributed by atoms with E-state index in [9.17, 15) is 19.6 Å². The third-order valence-electron chi connectivity index (χ3n) is 6.66. The van der Waals surface area contributed by atoms with Crippen LogP contribution in [0.15, 0.2) is 9.70 Å². The standard InChI is InChI=1S/C26H34N4O4S2/c1-3-4-14-29-23(28-12-8-6-9-13-28)19(18(2)20(17-27)24(29)33)16-21-25(34)30(26(35)36-21)15-10-5-7-11-22(31)32/h16H,3-15H2,1-2H3,(H,31,32)/b21-16-. The lowest BCUT2D eigenvalue weighted by Crippen LogP contribution is -2.37. The Morgan fingerprint density at radius 1 is 1.14 bits per heavy atom. The number of nitrogens with zero attached hydrogens (tertiary/aromatic N) is 4. The van der Waals surface area contributed by atoms with Crippen LogP contribution in [0.3, 0.4) is 0 Å². The summed E-state index contributed by atoms with van der Waals surface area (Å²) in [6, 6.07) is 2.10. The van der Waals surface area contributed by atoms with E-state index < -0.39 is 5.97 Å². The number of hydrogen-bond acceptors (Lipinski definition) is 7. The van der Waals surface area contributed by atoms with Crippen LogP contribution in [-0.2, 0) is 16.1 Å². The van der Waals surface area contributed by atoms with Crippen LogP contribution in [0.4, 0.5) is 5.82 Å². The number of thiocarbonyl (C=S) groups is 1. The van der Waals surface area contributed by atoms with E-state index in [0.29, 0.717) is 47.1 Å². The maximum absolute atomic E-state index is 13.3. The minimum Gasteiger partial charge on any atom is -0.481 e. The van der Waals surface area contributed by atoms with Gasteiger partial charge in [0.25, 0.3) is 11.5 Å². The van der Waals surface area contributed by atoms with E-state index in [-0.39, 0.29) is 23.5 Å². The molecule has 2 aliphatic rings. The molecule has 0 saturated carbocycles. The molecule has 0 aliphatic carbocycles. The van der Waals surface area contributed by atoms with Crippen molar-refractivity contribution in [2.75, 3.05) is 24.5 Å². The number of pyridine rings is 1. The molecule has 8 nitrogen and oxygen atoms in total. The van der Waals surface area contributed by atoms with Gasteiger partial charge in [0.05, 0.1) is 4.91 Å². The molecule has 0 spiro atoms. The molecule has 10 heteroatoms. The van der Waals surface area contributed by atoms with E-state index in [4.69, 9.17) is 17.3 Å². The first-order chi connectivity index (χ1) is 17.3. The van der Waals surface area contributed by atoms with Crippen LogP contribution in [0.5, 0.6) is 0 Å². The first kappa shape index (κ1) is 27.9. The highest BCUT2D eigenvalue weighted by Gasteiger charge is 2.33. The van der Waals surface area contributed by atoms with Gasteiger partial charge in [-0.1, -0.05) is 43.7 Å². The fourth-order valence-electron chi connectivity index (χ4n) is 4.66. The number of carbonyl (C=O) groups excluding carboxylic acids is 1.